The first-order chi connectivity index (χ1) is 13.4. The predicted octanol–water partition coefficient (Wildman–Crippen LogP) is 2.82. The summed E-state index contributed by atoms with van der Waals surface area (Å²) >= 11 is 6.17. The second kappa shape index (κ2) is 9.14. The minimum absolute atomic E-state index is 0.0783. The highest BCUT2D eigenvalue weighted by Crippen LogP contribution is 2.38. The third-order valence-corrected chi connectivity index (χ3v) is 4.90. The van der Waals surface area contributed by atoms with Crippen molar-refractivity contribution in [1.82, 2.24) is 10.6 Å². The Morgan fingerprint density at radius 2 is 1.86 bits per heavy atom. The maximum Gasteiger partial charge on any atom is 0.339 e. The number of fused-ring (bicyclic) bond motifs is 1. The molecule has 28 heavy (non-hydrogen) atoms. The highest BCUT2D eigenvalue weighted by Gasteiger charge is 2.25. The monoisotopic (exact) mass is 410 g/mol. The molecule has 0 bridgehead atoms. The summed E-state index contributed by atoms with van der Waals surface area (Å²) in [5.74, 6) is -0.726. The standard InChI is InChI=1S/C19H23ClN2O6/c1-11(17(23)22-19(25)21-13-5-2-3-6-13)28-18(24)12-9-14(20)16-15(10-12)26-7-4-8-27-16/h9-11,13H,2-8H2,1H3,(H2,21,22,23,25)/t11-/m1/s1. The van der Waals surface area contributed by atoms with Gasteiger partial charge in [-0.1, -0.05) is 24.4 Å². The summed E-state index contributed by atoms with van der Waals surface area (Å²) in [7, 11) is 0. The second-order valence-electron chi connectivity index (χ2n) is 6.83. The number of amides is 3. The fraction of sp³-hybridized carbons (Fsp3) is 0.526. The molecular weight excluding hydrogens is 388 g/mol. The number of benzene rings is 1. The SMILES string of the molecule is C[C@@H](OC(=O)c1cc(Cl)c2c(c1)OCCCO2)C(=O)NC(=O)NC1CCCC1. The third kappa shape index (κ3) is 5.07. The molecule has 3 rings (SSSR count). The summed E-state index contributed by atoms with van der Waals surface area (Å²) in [5.41, 5.74) is 0.129. The number of carbonyl (C=O) groups excluding carboxylic acids is 3. The van der Waals surface area contributed by atoms with Crippen LogP contribution in [0.25, 0.3) is 0 Å². The molecule has 1 atom stereocenters. The quantitative estimate of drug-likeness (QED) is 0.740. The van der Waals surface area contributed by atoms with Crippen LogP contribution in [0.1, 0.15) is 49.4 Å². The zero-order chi connectivity index (χ0) is 20.1. The molecule has 1 heterocycles. The molecule has 1 aromatic rings. The van der Waals surface area contributed by atoms with Crippen LogP contribution in [-0.2, 0) is 9.53 Å². The minimum atomic E-state index is -1.16. The van der Waals surface area contributed by atoms with E-state index in [0.29, 0.717) is 31.1 Å². The fourth-order valence-corrected chi connectivity index (χ4v) is 3.40. The van der Waals surface area contributed by atoms with Gasteiger partial charge in [0.15, 0.2) is 17.6 Å². The first kappa shape index (κ1) is 20.3. The topological polar surface area (TPSA) is 103 Å². The lowest BCUT2D eigenvalue weighted by atomic mass is 10.2. The van der Waals surface area contributed by atoms with Gasteiger partial charge in [0.25, 0.3) is 5.91 Å². The van der Waals surface area contributed by atoms with Crippen LogP contribution < -0.4 is 20.1 Å². The number of nitrogens with one attached hydrogen (secondary N) is 2. The number of ether oxygens (including phenoxy) is 3. The molecule has 0 saturated heterocycles. The summed E-state index contributed by atoms with van der Waals surface area (Å²) in [6.45, 7) is 2.30. The molecule has 1 fully saturated rings. The molecule has 3 amide bonds. The number of imide groups is 1. The van der Waals surface area contributed by atoms with Crippen molar-refractivity contribution in [2.45, 2.75) is 51.2 Å². The first-order valence-corrected chi connectivity index (χ1v) is 9.73. The normalized spacial score (nSPS) is 17.4. The number of carbonyl (C=O) groups is 3. The highest BCUT2D eigenvalue weighted by molar-refractivity contribution is 6.32. The predicted molar refractivity (Wildman–Crippen MR) is 101 cm³/mol. The van der Waals surface area contributed by atoms with Crippen molar-refractivity contribution in [2.75, 3.05) is 13.2 Å². The Morgan fingerprint density at radius 1 is 1.14 bits per heavy atom. The van der Waals surface area contributed by atoms with Gasteiger partial charge >= 0.3 is 12.0 Å². The average Bonchev–Trinajstić information content (AvgIpc) is 3.03. The van der Waals surface area contributed by atoms with Crippen molar-refractivity contribution in [1.29, 1.82) is 0 Å². The van der Waals surface area contributed by atoms with Gasteiger partial charge in [0, 0.05) is 12.5 Å². The van der Waals surface area contributed by atoms with Crippen molar-refractivity contribution in [2.24, 2.45) is 0 Å². The number of halogens is 1. The molecule has 1 saturated carbocycles. The number of urea groups is 1. The lowest BCUT2D eigenvalue weighted by Crippen LogP contribution is -2.47. The van der Waals surface area contributed by atoms with Crippen molar-refractivity contribution >= 4 is 29.5 Å². The third-order valence-electron chi connectivity index (χ3n) is 4.62. The molecule has 2 aliphatic rings. The molecule has 0 radical (unpaired) electrons. The van der Waals surface area contributed by atoms with Gasteiger partial charge in [-0.2, -0.15) is 0 Å². The molecule has 1 aromatic carbocycles. The van der Waals surface area contributed by atoms with E-state index >= 15 is 0 Å². The van der Waals surface area contributed by atoms with E-state index in [9.17, 15) is 14.4 Å². The first-order valence-electron chi connectivity index (χ1n) is 9.35. The van der Waals surface area contributed by atoms with E-state index in [2.05, 4.69) is 10.6 Å². The van der Waals surface area contributed by atoms with Crippen LogP contribution in [0.3, 0.4) is 0 Å². The van der Waals surface area contributed by atoms with E-state index in [1.807, 2.05) is 0 Å². The van der Waals surface area contributed by atoms with Crippen LogP contribution in [0.2, 0.25) is 5.02 Å². The Morgan fingerprint density at radius 3 is 2.61 bits per heavy atom. The van der Waals surface area contributed by atoms with E-state index < -0.39 is 24.0 Å². The van der Waals surface area contributed by atoms with Crippen LogP contribution in [-0.4, -0.2) is 43.3 Å². The molecule has 8 nitrogen and oxygen atoms in total. The molecule has 0 unspecified atom stereocenters. The number of rotatable bonds is 4. The van der Waals surface area contributed by atoms with Gasteiger partial charge in [0.05, 0.1) is 23.8 Å². The summed E-state index contributed by atoms with van der Waals surface area (Å²) in [6.07, 6.45) is 3.46. The summed E-state index contributed by atoms with van der Waals surface area (Å²) in [5, 5.41) is 5.16. The summed E-state index contributed by atoms with van der Waals surface area (Å²) in [4.78, 5) is 36.4. The number of hydrogen-bond donors (Lipinski definition) is 2. The fourth-order valence-electron chi connectivity index (χ4n) is 3.14. The smallest absolute Gasteiger partial charge is 0.339 e. The van der Waals surface area contributed by atoms with E-state index in [4.69, 9.17) is 25.8 Å². The lowest BCUT2D eigenvalue weighted by Gasteiger charge is -2.16. The molecular formula is C19H23ClN2O6. The maximum atomic E-state index is 12.4. The lowest BCUT2D eigenvalue weighted by molar-refractivity contribution is -0.127. The molecule has 9 heteroatoms. The Balaban J connectivity index is 1.57. The Labute approximate surface area is 167 Å². The Bertz CT molecular complexity index is 763. The second-order valence-corrected chi connectivity index (χ2v) is 7.23. The van der Waals surface area contributed by atoms with Crippen LogP contribution in [0, 0.1) is 0 Å². The van der Waals surface area contributed by atoms with Crippen molar-refractivity contribution in [3.8, 4) is 11.5 Å². The van der Waals surface area contributed by atoms with Crippen molar-refractivity contribution in [3.63, 3.8) is 0 Å². The van der Waals surface area contributed by atoms with Crippen LogP contribution in [0.4, 0.5) is 4.79 Å². The molecule has 0 spiro atoms. The Hall–Kier alpha value is -2.48. The van der Waals surface area contributed by atoms with Crippen molar-refractivity contribution < 1.29 is 28.6 Å². The van der Waals surface area contributed by atoms with E-state index in [-0.39, 0.29) is 16.6 Å². The maximum absolute atomic E-state index is 12.4. The Kier molecular flexibility index (Phi) is 6.61. The summed E-state index contributed by atoms with van der Waals surface area (Å²) in [6, 6.07) is 2.36. The van der Waals surface area contributed by atoms with E-state index in [1.54, 1.807) is 0 Å². The van der Waals surface area contributed by atoms with Crippen LogP contribution in [0.15, 0.2) is 12.1 Å². The average molecular weight is 411 g/mol. The van der Waals surface area contributed by atoms with Gasteiger partial charge in [0.1, 0.15) is 0 Å². The number of hydrogen-bond acceptors (Lipinski definition) is 6. The minimum Gasteiger partial charge on any atom is -0.489 e. The molecule has 1 aliphatic carbocycles. The van der Waals surface area contributed by atoms with Crippen molar-refractivity contribution in [3.05, 3.63) is 22.7 Å². The largest absolute Gasteiger partial charge is 0.489 e. The number of esters is 1. The molecule has 1 aliphatic heterocycles. The zero-order valence-corrected chi connectivity index (χ0v) is 16.3. The van der Waals surface area contributed by atoms with Gasteiger partial charge < -0.3 is 19.5 Å². The van der Waals surface area contributed by atoms with E-state index in [0.717, 1.165) is 25.7 Å². The van der Waals surface area contributed by atoms with Crippen LogP contribution >= 0.6 is 11.6 Å². The summed E-state index contributed by atoms with van der Waals surface area (Å²) < 4.78 is 16.2. The molecule has 2 N–H and O–H groups in total. The molecule has 152 valence electrons. The van der Waals surface area contributed by atoms with Gasteiger partial charge in [-0.3, -0.25) is 10.1 Å². The molecule has 0 aromatic heterocycles. The van der Waals surface area contributed by atoms with Gasteiger partial charge in [-0.05, 0) is 31.9 Å². The van der Waals surface area contributed by atoms with Gasteiger partial charge in [-0.25, -0.2) is 9.59 Å². The van der Waals surface area contributed by atoms with Gasteiger partial charge in [0.2, 0.25) is 0 Å². The van der Waals surface area contributed by atoms with E-state index in [1.165, 1.54) is 19.1 Å². The highest BCUT2D eigenvalue weighted by atomic mass is 35.5. The zero-order valence-electron chi connectivity index (χ0n) is 15.6. The van der Waals surface area contributed by atoms with Gasteiger partial charge in [-0.15, -0.1) is 0 Å². The van der Waals surface area contributed by atoms with Crippen LogP contribution in [0.5, 0.6) is 11.5 Å².